The molecule has 114 valence electrons. The van der Waals surface area contributed by atoms with Gasteiger partial charge in [-0.25, -0.2) is 15.0 Å². The van der Waals surface area contributed by atoms with Crippen molar-refractivity contribution in [1.82, 2.24) is 19.9 Å². The number of carboxylic acids is 1. The van der Waals surface area contributed by atoms with Crippen LogP contribution < -0.4 is 10.6 Å². The number of H-pyrrole nitrogens is 1. The summed E-state index contributed by atoms with van der Waals surface area (Å²) in [5.74, 6) is 0.603. The van der Waals surface area contributed by atoms with E-state index in [-0.39, 0.29) is 6.54 Å². The lowest BCUT2D eigenvalue weighted by atomic mass is 10.00. The first-order valence-electron chi connectivity index (χ1n) is 6.85. The summed E-state index contributed by atoms with van der Waals surface area (Å²) in [4.78, 5) is 28.5. The van der Waals surface area contributed by atoms with Crippen LogP contribution in [0.5, 0.6) is 0 Å². The first-order valence-corrected chi connectivity index (χ1v) is 6.85. The van der Waals surface area contributed by atoms with Gasteiger partial charge in [-0.15, -0.1) is 0 Å². The number of aliphatic carboxylic acids is 1. The first-order chi connectivity index (χ1) is 10.6. The second-order valence-electron chi connectivity index (χ2n) is 5.12. The van der Waals surface area contributed by atoms with Crippen molar-refractivity contribution in [3.05, 3.63) is 35.7 Å². The third-order valence-electron chi connectivity index (χ3n) is 3.65. The minimum Gasteiger partial charge on any atom is -0.480 e. The predicted octanol–water partition coefficient (Wildman–Crippen LogP) is 0.898. The lowest BCUT2D eigenvalue weighted by molar-refractivity contribution is -0.135. The molecule has 1 aliphatic heterocycles. The van der Waals surface area contributed by atoms with Crippen LogP contribution in [0.25, 0.3) is 5.57 Å². The fourth-order valence-electron chi connectivity index (χ4n) is 2.66. The summed E-state index contributed by atoms with van der Waals surface area (Å²) in [6, 6.07) is 0. The Bertz CT molecular complexity index is 738. The number of fused-ring (bicyclic) bond motifs is 1. The molecule has 1 aliphatic rings. The normalized spacial score (nSPS) is 14.7. The number of carboxylic acid groups (broad SMARTS) is 1. The van der Waals surface area contributed by atoms with Crippen LogP contribution in [0.2, 0.25) is 0 Å². The Morgan fingerprint density at radius 1 is 1.45 bits per heavy atom. The third kappa shape index (κ3) is 2.39. The highest BCUT2D eigenvalue weighted by Crippen LogP contribution is 2.37. The molecule has 0 saturated carbocycles. The van der Waals surface area contributed by atoms with Crippen molar-refractivity contribution >= 4 is 23.2 Å². The van der Waals surface area contributed by atoms with Crippen LogP contribution >= 0.6 is 0 Å². The lowest BCUT2D eigenvalue weighted by Crippen LogP contribution is -2.31. The number of aromatic nitrogens is 4. The second-order valence-corrected chi connectivity index (χ2v) is 5.12. The van der Waals surface area contributed by atoms with E-state index in [9.17, 15) is 4.79 Å². The molecule has 0 amide bonds. The van der Waals surface area contributed by atoms with Gasteiger partial charge in [-0.1, -0.05) is 5.57 Å². The maximum absolute atomic E-state index is 11.1. The molecule has 0 spiro atoms. The Labute approximate surface area is 126 Å². The molecule has 3 rings (SSSR count). The minimum atomic E-state index is -0.915. The Kier molecular flexibility index (Phi) is 3.50. The van der Waals surface area contributed by atoms with E-state index < -0.39 is 5.97 Å². The van der Waals surface area contributed by atoms with Gasteiger partial charge in [0.2, 0.25) is 0 Å². The fourth-order valence-corrected chi connectivity index (χ4v) is 2.66. The molecular formula is C14H16N6O2. The maximum Gasteiger partial charge on any atom is 0.323 e. The Hall–Kier alpha value is -2.90. The molecule has 0 unspecified atom stereocenters. The molecule has 0 atom stereocenters. The first kappa shape index (κ1) is 14.1. The summed E-state index contributed by atoms with van der Waals surface area (Å²) in [5, 5.41) is 9.12. The van der Waals surface area contributed by atoms with Gasteiger partial charge in [-0.05, 0) is 13.3 Å². The van der Waals surface area contributed by atoms with Gasteiger partial charge in [0.1, 0.15) is 30.3 Å². The van der Waals surface area contributed by atoms with Crippen molar-refractivity contribution in [3.63, 3.8) is 0 Å². The number of nitrogens with two attached hydrogens (primary N) is 1. The fraction of sp³-hybridized carbons (Fsp3) is 0.286. The van der Waals surface area contributed by atoms with E-state index in [2.05, 4.69) is 19.9 Å². The van der Waals surface area contributed by atoms with Crippen molar-refractivity contribution in [2.24, 2.45) is 0 Å². The van der Waals surface area contributed by atoms with Crippen LogP contribution in [0, 0.1) is 0 Å². The number of nitrogens with zero attached hydrogens (tertiary/aromatic N) is 4. The van der Waals surface area contributed by atoms with E-state index in [1.165, 1.54) is 6.33 Å². The number of hydrogen-bond donors (Lipinski definition) is 3. The van der Waals surface area contributed by atoms with Gasteiger partial charge < -0.3 is 20.7 Å². The quantitative estimate of drug-likeness (QED) is 0.769. The van der Waals surface area contributed by atoms with Crippen LogP contribution in [0.4, 0.5) is 11.6 Å². The number of imidazole rings is 1. The summed E-state index contributed by atoms with van der Waals surface area (Å²) in [5.41, 5.74) is 8.59. The van der Waals surface area contributed by atoms with Gasteiger partial charge in [-0.3, -0.25) is 4.79 Å². The highest BCUT2D eigenvalue weighted by atomic mass is 16.4. The largest absolute Gasteiger partial charge is 0.480 e. The van der Waals surface area contributed by atoms with Gasteiger partial charge in [0, 0.05) is 24.5 Å². The molecule has 2 aromatic heterocycles. The van der Waals surface area contributed by atoms with Gasteiger partial charge in [-0.2, -0.15) is 0 Å². The van der Waals surface area contributed by atoms with E-state index in [1.54, 1.807) is 17.3 Å². The predicted molar refractivity (Wildman–Crippen MR) is 81.2 cm³/mol. The van der Waals surface area contributed by atoms with E-state index in [4.69, 9.17) is 10.8 Å². The van der Waals surface area contributed by atoms with E-state index >= 15 is 0 Å². The zero-order valence-corrected chi connectivity index (χ0v) is 12.1. The molecule has 0 aromatic carbocycles. The molecule has 0 bridgehead atoms. The monoisotopic (exact) mass is 300 g/mol. The highest BCUT2D eigenvalue weighted by molar-refractivity contribution is 5.91. The van der Waals surface area contributed by atoms with E-state index in [0.29, 0.717) is 36.0 Å². The Morgan fingerprint density at radius 2 is 2.27 bits per heavy atom. The number of aromatic amines is 1. The van der Waals surface area contributed by atoms with Crippen molar-refractivity contribution in [3.8, 4) is 0 Å². The number of hydrogen-bond acceptors (Lipinski definition) is 6. The molecular weight excluding hydrogens is 284 g/mol. The standard InChI is InChI=1S/C14H16N6O2/c1-8-2-5-20(6-9(21)22)14-11(12(15)18-7-19-14)10(8)13-16-3-4-17-13/h3-4,7H,2,5-6H2,1H3,(H,16,17)(H,21,22)(H2,15,18,19). The Balaban J connectivity index is 2.20. The van der Waals surface area contributed by atoms with Crippen molar-refractivity contribution in [2.75, 3.05) is 23.7 Å². The zero-order valence-electron chi connectivity index (χ0n) is 12.1. The molecule has 8 nitrogen and oxygen atoms in total. The van der Waals surface area contributed by atoms with E-state index in [0.717, 1.165) is 11.1 Å². The number of carbonyl (C=O) groups is 1. The number of nitrogen functional groups attached to an aromatic ring is 1. The molecule has 2 aromatic rings. The molecule has 0 saturated heterocycles. The topological polar surface area (TPSA) is 121 Å². The molecule has 0 aliphatic carbocycles. The lowest BCUT2D eigenvalue weighted by Gasteiger charge is -2.22. The number of anilines is 2. The van der Waals surface area contributed by atoms with Crippen LogP contribution in [0.3, 0.4) is 0 Å². The SMILES string of the molecule is CC1=C(c2ncc[nH]2)c2c(N)ncnc2N(CC(=O)O)CC1. The zero-order chi connectivity index (χ0) is 15.7. The van der Waals surface area contributed by atoms with Crippen molar-refractivity contribution in [2.45, 2.75) is 13.3 Å². The molecule has 0 radical (unpaired) electrons. The summed E-state index contributed by atoms with van der Waals surface area (Å²) >= 11 is 0. The minimum absolute atomic E-state index is 0.137. The average Bonchev–Trinajstić information content (AvgIpc) is 2.94. The maximum atomic E-state index is 11.1. The average molecular weight is 300 g/mol. The molecule has 22 heavy (non-hydrogen) atoms. The molecule has 3 heterocycles. The molecule has 4 N–H and O–H groups in total. The van der Waals surface area contributed by atoms with Gasteiger partial charge in [0.25, 0.3) is 0 Å². The Morgan fingerprint density at radius 3 is 2.95 bits per heavy atom. The van der Waals surface area contributed by atoms with Crippen molar-refractivity contribution in [1.29, 1.82) is 0 Å². The number of nitrogens with one attached hydrogen (secondary N) is 1. The van der Waals surface area contributed by atoms with Gasteiger partial charge in [0.15, 0.2) is 0 Å². The van der Waals surface area contributed by atoms with Crippen LogP contribution in [-0.2, 0) is 4.79 Å². The number of rotatable bonds is 3. The third-order valence-corrected chi connectivity index (χ3v) is 3.65. The molecule has 8 heteroatoms. The van der Waals surface area contributed by atoms with Gasteiger partial charge >= 0.3 is 5.97 Å². The van der Waals surface area contributed by atoms with E-state index in [1.807, 2.05) is 6.92 Å². The molecule has 0 fully saturated rings. The van der Waals surface area contributed by atoms with Crippen LogP contribution in [0.15, 0.2) is 24.3 Å². The second kappa shape index (κ2) is 5.47. The van der Waals surface area contributed by atoms with Crippen LogP contribution in [0.1, 0.15) is 24.7 Å². The highest BCUT2D eigenvalue weighted by Gasteiger charge is 2.27. The van der Waals surface area contributed by atoms with Crippen LogP contribution in [-0.4, -0.2) is 44.1 Å². The smallest absolute Gasteiger partial charge is 0.323 e. The summed E-state index contributed by atoms with van der Waals surface area (Å²) in [6.07, 6.45) is 5.44. The summed E-state index contributed by atoms with van der Waals surface area (Å²) in [7, 11) is 0. The summed E-state index contributed by atoms with van der Waals surface area (Å²) < 4.78 is 0. The summed E-state index contributed by atoms with van der Waals surface area (Å²) in [6.45, 7) is 2.40. The van der Waals surface area contributed by atoms with Gasteiger partial charge in [0.05, 0.1) is 5.56 Å². The van der Waals surface area contributed by atoms with Crippen molar-refractivity contribution < 1.29 is 9.90 Å².